The Labute approximate surface area is 127 Å². The lowest BCUT2D eigenvalue weighted by atomic mass is 9.79. The van der Waals surface area contributed by atoms with Crippen molar-refractivity contribution < 1.29 is 14.6 Å². The van der Waals surface area contributed by atoms with Gasteiger partial charge in [0.15, 0.2) is 0 Å². The van der Waals surface area contributed by atoms with Crippen LogP contribution in [0.4, 0.5) is 0 Å². The first-order valence-corrected chi connectivity index (χ1v) is 8.78. The highest BCUT2D eigenvalue weighted by Crippen LogP contribution is 2.38. The smallest absolute Gasteiger partial charge is 0.223 e. The van der Waals surface area contributed by atoms with Crippen molar-refractivity contribution in [3.63, 3.8) is 0 Å². The maximum absolute atomic E-state index is 12.6. The van der Waals surface area contributed by atoms with Gasteiger partial charge in [-0.05, 0) is 51.4 Å². The molecule has 2 aliphatic carbocycles. The lowest BCUT2D eigenvalue weighted by Gasteiger charge is -2.37. The highest BCUT2D eigenvalue weighted by Gasteiger charge is 2.41. The van der Waals surface area contributed by atoms with Gasteiger partial charge in [-0.2, -0.15) is 0 Å². The number of hydrogen-bond acceptors (Lipinski definition) is 3. The molecule has 0 aromatic heterocycles. The van der Waals surface area contributed by atoms with E-state index in [1.165, 1.54) is 0 Å². The van der Waals surface area contributed by atoms with Gasteiger partial charge in [-0.15, -0.1) is 0 Å². The van der Waals surface area contributed by atoms with Crippen LogP contribution in [0, 0.1) is 11.8 Å². The lowest BCUT2D eigenvalue weighted by molar-refractivity contribution is -0.136. The van der Waals surface area contributed by atoms with Crippen LogP contribution in [0.5, 0.6) is 0 Å². The van der Waals surface area contributed by atoms with Crippen LogP contribution in [0.1, 0.15) is 58.3 Å². The highest BCUT2D eigenvalue weighted by atomic mass is 16.5. The van der Waals surface area contributed by atoms with Gasteiger partial charge in [0.05, 0.1) is 12.2 Å². The van der Waals surface area contributed by atoms with Crippen LogP contribution in [0.3, 0.4) is 0 Å². The molecule has 0 radical (unpaired) electrons. The third-order valence-corrected chi connectivity index (χ3v) is 5.70. The summed E-state index contributed by atoms with van der Waals surface area (Å²) in [5, 5.41) is 10.1. The van der Waals surface area contributed by atoms with Crippen LogP contribution >= 0.6 is 0 Å². The minimum Gasteiger partial charge on any atom is -0.393 e. The largest absolute Gasteiger partial charge is 0.393 e. The number of aliphatic hydroxyl groups excluding tert-OH is 1. The first-order chi connectivity index (χ1) is 10.2. The zero-order valence-corrected chi connectivity index (χ0v) is 13.2. The predicted molar refractivity (Wildman–Crippen MR) is 80.8 cm³/mol. The van der Waals surface area contributed by atoms with Crippen LogP contribution in [0.2, 0.25) is 0 Å². The van der Waals surface area contributed by atoms with E-state index in [-0.39, 0.29) is 6.10 Å². The molecule has 2 saturated carbocycles. The van der Waals surface area contributed by atoms with Crippen LogP contribution in [-0.2, 0) is 9.53 Å². The SMILES string of the molecule is CCOC1CC(CC(=O)N2CCCC2C2CCCC2O)C1. The normalized spacial score (nSPS) is 39.5. The molecule has 4 heteroatoms. The van der Waals surface area contributed by atoms with Gasteiger partial charge in [-0.25, -0.2) is 0 Å². The zero-order chi connectivity index (χ0) is 14.8. The maximum atomic E-state index is 12.6. The van der Waals surface area contributed by atoms with Crippen molar-refractivity contribution in [2.75, 3.05) is 13.2 Å². The number of rotatable bonds is 5. The van der Waals surface area contributed by atoms with Crippen LogP contribution < -0.4 is 0 Å². The number of aliphatic hydroxyl groups is 1. The Morgan fingerprint density at radius 3 is 2.71 bits per heavy atom. The van der Waals surface area contributed by atoms with Gasteiger partial charge in [0.1, 0.15) is 0 Å². The minimum absolute atomic E-state index is 0.186. The molecule has 0 bridgehead atoms. The third kappa shape index (κ3) is 3.26. The second-order valence-electron chi connectivity index (χ2n) is 7.08. The van der Waals surface area contributed by atoms with Crippen molar-refractivity contribution in [2.45, 2.75) is 76.5 Å². The first-order valence-electron chi connectivity index (χ1n) is 8.78. The van der Waals surface area contributed by atoms with Crippen molar-refractivity contribution in [3.05, 3.63) is 0 Å². The number of nitrogens with zero attached hydrogens (tertiary/aromatic N) is 1. The maximum Gasteiger partial charge on any atom is 0.223 e. The third-order valence-electron chi connectivity index (χ3n) is 5.70. The lowest BCUT2D eigenvalue weighted by Crippen LogP contribution is -2.44. The van der Waals surface area contributed by atoms with Crippen molar-refractivity contribution in [2.24, 2.45) is 11.8 Å². The first kappa shape index (κ1) is 15.3. The summed E-state index contributed by atoms with van der Waals surface area (Å²) in [6, 6.07) is 0.303. The van der Waals surface area contributed by atoms with E-state index in [1.54, 1.807) is 0 Å². The van der Waals surface area contributed by atoms with Crippen LogP contribution in [0.15, 0.2) is 0 Å². The van der Waals surface area contributed by atoms with Crippen LogP contribution in [-0.4, -0.2) is 47.3 Å². The number of likely N-dealkylation sites (tertiary alicyclic amines) is 1. The summed E-state index contributed by atoms with van der Waals surface area (Å²) in [4.78, 5) is 14.7. The number of carbonyl (C=O) groups excluding carboxylic acids is 1. The number of carbonyl (C=O) groups is 1. The molecule has 1 amide bonds. The summed E-state index contributed by atoms with van der Waals surface area (Å²) >= 11 is 0. The molecule has 1 heterocycles. The Hall–Kier alpha value is -0.610. The van der Waals surface area contributed by atoms with E-state index in [2.05, 4.69) is 4.90 Å². The molecule has 21 heavy (non-hydrogen) atoms. The molecular weight excluding hydrogens is 266 g/mol. The summed E-state index contributed by atoms with van der Waals surface area (Å²) < 4.78 is 5.57. The number of ether oxygens (including phenoxy) is 1. The van der Waals surface area contributed by atoms with Gasteiger partial charge in [0.25, 0.3) is 0 Å². The molecule has 0 aromatic rings. The van der Waals surface area contributed by atoms with E-state index in [0.717, 1.165) is 58.1 Å². The summed E-state index contributed by atoms with van der Waals surface area (Å²) in [5.74, 6) is 1.16. The Balaban J connectivity index is 1.50. The monoisotopic (exact) mass is 295 g/mol. The van der Waals surface area contributed by atoms with Gasteiger partial charge in [-0.1, -0.05) is 6.42 Å². The van der Waals surface area contributed by atoms with E-state index < -0.39 is 0 Å². The molecule has 3 aliphatic rings. The molecule has 0 aromatic carbocycles. The van der Waals surface area contributed by atoms with Crippen molar-refractivity contribution in [1.82, 2.24) is 4.90 Å². The molecule has 3 unspecified atom stereocenters. The molecule has 1 saturated heterocycles. The van der Waals surface area contributed by atoms with Crippen molar-refractivity contribution in [3.8, 4) is 0 Å². The minimum atomic E-state index is -0.186. The predicted octanol–water partition coefficient (Wildman–Crippen LogP) is 2.34. The molecule has 3 fully saturated rings. The molecule has 1 N–H and O–H groups in total. The Morgan fingerprint density at radius 1 is 1.24 bits per heavy atom. The Morgan fingerprint density at radius 2 is 2.05 bits per heavy atom. The van der Waals surface area contributed by atoms with E-state index in [9.17, 15) is 9.90 Å². The molecule has 4 nitrogen and oxygen atoms in total. The zero-order valence-electron chi connectivity index (χ0n) is 13.2. The second-order valence-corrected chi connectivity index (χ2v) is 7.08. The summed E-state index contributed by atoms with van der Waals surface area (Å²) in [6.07, 6.45) is 8.28. The van der Waals surface area contributed by atoms with Crippen molar-refractivity contribution >= 4 is 5.91 Å². The van der Waals surface area contributed by atoms with Gasteiger partial charge in [0.2, 0.25) is 5.91 Å². The van der Waals surface area contributed by atoms with E-state index >= 15 is 0 Å². The molecule has 120 valence electrons. The second kappa shape index (κ2) is 6.66. The number of hydrogen-bond donors (Lipinski definition) is 1. The molecular formula is C17H29NO3. The fraction of sp³-hybridized carbons (Fsp3) is 0.941. The quantitative estimate of drug-likeness (QED) is 0.847. The van der Waals surface area contributed by atoms with Gasteiger partial charge in [-0.3, -0.25) is 4.79 Å². The van der Waals surface area contributed by atoms with Crippen molar-refractivity contribution in [1.29, 1.82) is 0 Å². The number of amides is 1. The van der Waals surface area contributed by atoms with Gasteiger partial charge >= 0.3 is 0 Å². The average Bonchev–Trinajstić information content (AvgIpc) is 3.04. The Bertz CT molecular complexity index is 367. The van der Waals surface area contributed by atoms with Crippen LogP contribution in [0.25, 0.3) is 0 Å². The summed E-state index contributed by atoms with van der Waals surface area (Å²) in [7, 11) is 0. The Kier molecular flexibility index (Phi) is 4.85. The van der Waals surface area contributed by atoms with E-state index in [4.69, 9.17) is 4.74 Å². The standard InChI is InChI=1S/C17H29NO3/c1-2-21-13-9-12(10-13)11-17(20)18-8-4-6-15(18)14-5-3-7-16(14)19/h12-16,19H,2-11H2,1H3. The molecule has 3 rings (SSSR count). The summed E-state index contributed by atoms with van der Waals surface area (Å²) in [5.41, 5.74) is 0. The molecule has 3 atom stereocenters. The van der Waals surface area contributed by atoms with Gasteiger partial charge in [0, 0.05) is 31.5 Å². The fourth-order valence-electron chi connectivity index (χ4n) is 4.54. The topological polar surface area (TPSA) is 49.8 Å². The van der Waals surface area contributed by atoms with E-state index in [1.807, 2.05) is 6.92 Å². The van der Waals surface area contributed by atoms with Gasteiger partial charge < -0.3 is 14.7 Å². The molecule has 1 aliphatic heterocycles. The average molecular weight is 295 g/mol. The van der Waals surface area contributed by atoms with E-state index in [0.29, 0.717) is 36.3 Å². The molecule has 0 spiro atoms. The highest BCUT2D eigenvalue weighted by molar-refractivity contribution is 5.77. The summed E-state index contributed by atoms with van der Waals surface area (Å²) in [6.45, 7) is 3.70. The fourth-order valence-corrected chi connectivity index (χ4v) is 4.54.